The fourth-order valence-corrected chi connectivity index (χ4v) is 1.87. The third-order valence-electron chi connectivity index (χ3n) is 2.88. The van der Waals surface area contributed by atoms with E-state index >= 15 is 0 Å². The SMILES string of the molecule is CCN(Cc1cccc(C)n1)c1cncc(NC)n1. The summed E-state index contributed by atoms with van der Waals surface area (Å²) in [7, 11) is 1.84. The average Bonchev–Trinajstić information content (AvgIpc) is 2.45. The maximum Gasteiger partial charge on any atom is 0.149 e. The van der Waals surface area contributed by atoms with Crippen LogP contribution in [-0.4, -0.2) is 28.5 Å². The number of hydrogen-bond donors (Lipinski definition) is 1. The summed E-state index contributed by atoms with van der Waals surface area (Å²) in [6.07, 6.45) is 3.49. The number of anilines is 2. The number of nitrogens with one attached hydrogen (secondary N) is 1. The number of hydrogen-bond acceptors (Lipinski definition) is 5. The van der Waals surface area contributed by atoms with Gasteiger partial charge in [-0.05, 0) is 26.0 Å². The second-order valence-corrected chi connectivity index (χ2v) is 4.30. The van der Waals surface area contributed by atoms with Crippen molar-refractivity contribution in [2.75, 3.05) is 23.8 Å². The molecule has 0 aliphatic carbocycles. The van der Waals surface area contributed by atoms with Crippen molar-refractivity contribution in [1.29, 1.82) is 0 Å². The van der Waals surface area contributed by atoms with Crippen LogP contribution in [-0.2, 0) is 6.54 Å². The van der Waals surface area contributed by atoms with Crippen molar-refractivity contribution >= 4 is 11.6 Å². The van der Waals surface area contributed by atoms with Crippen LogP contribution in [0.4, 0.5) is 11.6 Å². The van der Waals surface area contributed by atoms with E-state index in [1.807, 2.05) is 32.2 Å². The lowest BCUT2D eigenvalue weighted by Gasteiger charge is -2.21. The first kappa shape index (κ1) is 13.3. The molecule has 100 valence electrons. The lowest BCUT2D eigenvalue weighted by Crippen LogP contribution is -2.24. The van der Waals surface area contributed by atoms with Crippen LogP contribution in [0.5, 0.6) is 0 Å². The summed E-state index contributed by atoms with van der Waals surface area (Å²) < 4.78 is 0. The van der Waals surface area contributed by atoms with Gasteiger partial charge in [-0.15, -0.1) is 0 Å². The zero-order valence-corrected chi connectivity index (χ0v) is 11.6. The van der Waals surface area contributed by atoms with Gasteiger partial charge in [0.15, 0.2) is 0 Å². The summed E-state index contributed by atoms with van der Waals surface area (Å²) in [5.41, 5.74) is 2.07. The average molecular weight is 257 g/mol. The van der Waals surface area contributed by atoms with Crippen molar-refractivity contribution in [3.63, 3.8) is 0 Å². The van der Waals surface area contributed by atoms with E-state index in [9.17, 15) is 0 Å². The van der Waals surface area contributed by atoms with Gasteiger partial charge in [0.05, 0.1) is 24.6 Å². The van der Waals surface area contributed by atoms with Crippen LogP contribution in [0.1, 0.15) is 18.3 Å². The van der Waals surface area contributed by atoms with Crippen molar-refractivity contribution in [1.82, 2.24) is 15.0 Å². The minimum Gasteiger partial charge on any atom is -0.372 e. The number of pyridine rings is 1. The minimum absolute atomic E-state index is 0.736. The van der Waals surface area contributed by atoms with Crippen LogP contribution in [0.15, 0.2) is 30.6 Å². The third kappa shape index (κ3) is 3.40. The topological polar surface area (TPSA) is 53.9 Å². The molecule has 2 aromatic heterocycles. The normalized spacial score (nSPS) is 10.3. The quantitative estimate of drug-likeness (QED) is 0.890. The molecule has 0 saturated heterocycles. The van der Waals surface area contributed by atoms with E-state index in [-0.39, 0.29) is 0 Å². The Bertz CT molecular complexity index is 541. The first-order chi connectivity index (χ1) is 9.22. The molecule has 2 aromatic rings. The Morgan fingerprint density at radius 1 is 1.21 bits per heavy atom. The predicted octanol–water partition coefficient (Wildman–Crippen LogP) is 2.25. The maximum atomic E-state index is 4.52. The Hall–Kier alpha value is -2.17. The van der Waals surface area contributed by atoms with Crippen molar-refractivity contribution in [3.8, 4) is 0 Å². The molecule has 1 N–H and O–H groups in total. The Kier molecular flexibility index (Phi) is 4.28. The van der Waals surface area contributed by atoms with Crippen molar-refractivity contribution in [3.05, 3.63) is 42.0 Å². The zero-order valence-electron chi connectivity index (χ0n) is 11.6. The molecule has 0 amide bonds. The van der Waals surface area contributed by atoms with E-state index in [1.54, 1.807) is 12.4 Å². The molecule has 19 heavy (non-hydrogen) atoms. The monoisotopic (exact) mass is 257 g/mol. The maximum absolute atomic E-state index is 4.52. The van der Waals surface area contributed by atoms with Crippen LogP contribution < -0.4 is 10.2 Å². The van der Waals surface area contributed by atoms with Gasteiger partial charge in [0.2, 0.25) is 0 Å². The number of rotatable bonds is 5. The summed E-state index contributed by atoms with van der Waals surface area (Å²) in [4.78, 5) is 15.4. The highest BCUT2D eigenvalue weighted by Crippen LogP contribution is 2.14. The van der Waals surface area contributed by atoms with E-state index in [4.69, 9.17) is 0 Å². The molecule has 5 nitrogen and oxygen atoms in total. The molecular formula is C14H19N5. The van der Waals surface area contributed by atoms with Crippen LogP contribution in [0.3, 0.4) is 0 Å². The van der Waals surface area contributed by atoms with E-state index in [0.717, 1.165) is 36.1 Å². The zero-order chi connectivity index (χ0) is 13.7. The Labute approximate surface area is 113 Å². The molecule has 0 fully saturated rings. The fourth-order valence-electron chi connectivity index (χ4n) is 1.87. The van der Waals surface area contributed by atoms with Crippen LogP contribution in [0, 0.1) is 6.92 Å². The van der Waals surface area contributed by atoms with Crippen LogP contribution in [0.2, 0.25) is 0 Å². The van der Waals surface area contributed by atoms with Gasteiger partial charge in [-0.3, -0.25) is 9.97 Å². The highest BCUT2D eigenvalue weighted by Gasteiger charge is 2.08. The second-order valence-electron chi connectivity index (χ2n) is 4.30. The summed E-state index contributed by atoms with van der Waals surface area (Å²) in [5, 5.41) is 3.00. The Morgan fingerprint density at radius 2 is 2.05 bits per heavy atom. The number of aromatic nitrogens is 3. The molecule has 2 heterocycles. The van der Waals surface area contributed by atoms with E-state index < -0.39 is 0 Å². The standard InChI is InChI=1S/C14H19N5/c1-4-19(10-12-7-5-6-11(2)17-12)14-9-16-8-13(15-3)18-14/h5-9H,4,10H2,1-3H3,(H,15,18). The van der Waals surface area contributed by atoms with Crippen molar-refractivity contribution in [2.45, 2.75) is 20.4 Å². The van der Waals surface area contributed by atoms with Gasteiger partial charge in [-0.2, -0.15) is 0 Å². The Morgan fingerprint density at radius 3 is 2.74 bits per heavy atom. The lowest BCUT2D eigenvalue weighted by molar-refractivity contribution is 0.787. The first-order valence-electron chi connectivity index (χ1n) is 6.40. The minimum atomic E-state index is 0.736. The van der Waals surface area contributed by atoms with Gasteiger partial charge in [0.1, 0.15) is 11.6 Å². The van der Waals surface area contributed by atoms with Gasteiger partial charge in [-0.1, -0.05) is 6.07 Å². The van der Waals surface area contributed by atoms with Gasteiger partial charge < -0.3 is 10.2 Å². The second kappa shape index (κ2) is 6.13. The summed E-state index contributed by atoms with van der Waals surface area (Å²) in [6.45, 7) is 5.70. The highest BCUT2D eigenvalue weighted by atomic mass is 15.2. The molecule has 2 rings (SSSR count). The van der Waals surface area contributed by atoms with Crippen molar-refractivity contribution < 1.29 is 0 Å². The lowest BCUT2D eigenvalue weighted by atomic mass is 10.3. The van der Waals surface area contributed by atoms with Gasteiger partial charge in [-0.25, -0.2) is 4.98 Å². The van der Waals surface area contributed by atoms with Gasteiger partial charge in [0.25, 0.3) is 0 Å². The molecule has 0 unspecified atom stereocenters. The summed E-state index contributed by atoms with van der Waals surface area (Å²) in [6, 6.07) is 6.06. The molecule has 0 atom stereocenters. The van der Waals surface area contributed by atoms with E-state index in [1.165, 1.54) is 0 Å². The molecule has 0 aliphatic rings. The van der Waals surface area contributed by atoms with Crippen LogP contribution in [0.25, 0.3) is 0 Å². The van der Waals surface area contributed by atoms with Gasteiger partial charge in [0, 0.05) is 19.3 Å². The van der Waals surface area contributed by atoms with Gasteiger partial charge >= 0.3 is 0 Å². The summed E-state index contributed by atoms with van der Waals surface area (Å²) in [5.74, 6) is 1.63. The third-order valence-corrected chi connectivity index (χ3v) is 2.88. The molecule has 0 aliphatic heterocycles. The van der Waals surface area contributed by atoms with Crippen LogP contribution >= 0.6 is 0 Å². The molecule has 5 heteroatoms. The fraction of sp³-hybridized carbons (Fsp3) is 0.357. The predicted molar refractivity (Wildman–Crippen MR) is 77.3 cm³/mol. The molecular weight excluding hydrogens is 238 g/mol. The van der Waals surface area contributed by atoms with E-state index in [2.05, 4.69) is 32.1 Å². The molecule has 0 aromatic carbocycles. The van der Waals surface area contributed by atoms with Crippen molar-refractivity contribution in [2.24, 2.45) is 0 Å². The first-order valence-corrected chi connectivity index (χ1v) is 6.40. The number of aryl methyl sites for hydroxylation is 1. The molecule has 0 saturated carbocycles. The largest absolute Gasteiger partial charge is 0.372 e. The molecule has 0 bridgehead atoms. The Balaban J connectivity index is 2.19. The number of nitrogens with zero attached hydrogens (tertiary/aromatic N) is 4. The molecule has 0 radical (unpaired) electrons. The summed E-state index contributed by atoms with van der Waals surface area (Å²) >= 11 is 0. The smallest absolute Gasteiger partial charge is 0.149 e. The molecule has 0 spiro atoms. The van der Waals surface area contributed by atoms with E-state index in [0.29, 0.717) is 0 Å². The highest BCUT2D eigenvalue weighted by molar-refractivity contribution is 5.43.